The molecule has 122 valence electrons. The molecule has 3 aliphatic rings. The van der Waals surface area contributed by atoms with Crippen molar-refractivity contribution in [2.45, 2.75) is 31.9 Å². The molecule has 23 heavy (non-hydrogen) atoms. The molecular formula is C14H17N5O3S. The van der Waals surface area contributed by atoms with Crippen molar-refractivity contribution in [3.8, 4) is 0 Å². The second-order valence-corrected chi connectivity index (χ2v) is 6.38. The molecule has 8 nitrogen and oxygen atoms in total. The highest BCUT2D eigenvalue weighted by Crippen LogP contribution is 2.30. The predicted molar refractivity (Wildman–Crippen MR) is 83.4 cm³/mol. The number of aliphatic imine (C=N–C) groups is 1. The van der Waals surface area contributed by atoms with Crippen LogP contribution in [0.25, 0.3) is 0 Å². The molecule has 9 heteroatoms. The van der Waals surface area contributed by atoms with Gasteiger partial charge in [-0.2, -0.15) is 4.98 Å². The molecule has 1 saturated heterocycles. The molecule has 1 N–H and O–H groups in total. The standard InChI is InChI=1S/C14H17N5O3S/c20-12(6-9-8-23-14-15-3-4-19(9)14)16-7-11-17-13(22-18-11)10-2-1-5-21-10/h8,10H,1-7H2,(H,16,20)/t10-/m1/s1. The number of carbonyl (C=O) groups excluding carboxylic acids is 1. The van der Waals surface area contributed by atoms with E-state index in [4.69, 9.17) is 9.26 Å². The van der Waals surface area contributed by atoms with Gasteiger partial charge < -0.3 is 19.5 Å². The molecule has 1 atom stereocenters. The second-order valence-electron chi connectivity index (χ2n) is 5.55. The molecule has 0 radical (unpaired) electrons. The molecule has 1 aromatic rings. The van der Waals surface area contributed by atoms with Crippen molar-refractivity contribution in [2.75, 3.05) is 19.7 Å². The minimum atomic E-state index is -0.0968. The molecule has 0 spiro atoms. The molecule has 3 aliphatic heterocycles. The number of thioether (sulfide) groups is 1. The van der Waals surface area contributed by atoms with E-state index in [1.165, 1.54) is 0 Å². The summed E-state index contributed by atoms with van der Waals surface area (Å²) in [7, 11) is 0. The van der Waals surface area contributed by atoms with E-state index in [9.17, 15) is 4.79 Å². The van der Waals surface area contributed by atoms with E-state index < -0.39 is 0 Å². The van der Waals surface area contributed by atoms with Gasteiger partial charge >= 0.3 is 0 Å². The average molecular weight is 335 g/mol. The highest BCUT2D eigenvalue weighted by molar-refractivity contribution is 8.16. The van der Waals surface area contributed by atoms with Crippen LogP contribution in [0, 0.1) is 0 Å². The Labute approximate surface area is 137 Å². The van der Waals surface area contributed by atoms with Crippen molar-refractivity contribution < 1.29 is 14.1 Å². The summed E-state index contributed by atoms with van der Waals surface area (Å²) in [6.07, 6.45) is 2.15. The largest absolute Gasteiger partial charge is 0.368 e. The van der Waals surface area contributed by atoms with Gasteiger partial charge in [-0.15, -0.1) is 0 Å². The Morgan fingerprint density at radius 2 is 2.48 bits per heavy atom. The van der Waals surface area contributed by atoms with E-state index in [-0.39, 0.29) is 18.6 Å². The Bertz CT molecular complexity index is 665. The van der Waals surface area contributed by atoms with E-state index in [1.807, 2.05) is 5.41 Å². The van der Waals surface area contributed by atoms with Crippen LogP contribution in [0.3, 0.4) is 0 Å². The van der Waals surface area contributed by atoms with Gasteiger partial charge in [0, 0.05) is 18.8 Å². The zero-order chi connectivity index (χ0) is 15.6. The van der Waals surface area contributed by atoms with Crippen molar-refractivity contribution in [3.63, 3.8) is 0 Å². The van der Waals surface area contributed by atoms with Gasteiger partial charge in [-0.1, -0.05) is 16.9 Å². The van der Waals surface area contributed by atoms with Crippen molar-refractivity contribution in [3.05, 3.63) is 22.8 Å². The summed E-state index contributed by atoms with van der Waals surface area (Å²) < 4.78 is 10.7. The molecule has 0 aromatic carbocycles. The fraction of sp³-hybridized carbons (Fsp3) is 0.571. The second kappa shape index (κ2) is 6.32. The lowest BCUT2D eigenvalue weighted by molar-refractivity contribution is -0.120. The Morgan fingerprint density at radius 1 is 1.52 bits per heavy atom. The summed E-state index contributed by atoms with van der Waals surface area (Å²) in [4.78, 5) is 22.8. The van der Waals surface area contributed by atoms with Crippen LogP contribution >= 0.6 is 11.8 Å². The van der Waals surface area contributed by atoms with Crippen LogP contribution in [0.2, 0.25) is 0 Å². The molecule has 1 fully saturated rings. The number of aromatic nitrogens is 2. The zero-order valence-corrected chi connectivity index (χ0v) is 13.3. The molecule has 0 unspecified atom stereocenters. The summed E-state index contributed by atoms with van der Waals surface area (Å²) in [5.41, 5.74) is 0.997. The monoisotopic (exact) mass is 335 g/mol. The Balaban J connectivity index is 1.27. The van der Waals surface area contributed by atoms with E-state index in [2.05, 4.69) is 25.3 Å². The molecule has 4 heterocycles. The summed E-state index contributed by atoms with van der Waals surface area (Å²) in [5, 5.41) is 9.70. The fourth-order valence-corrected chi connectivity index (χ4v) is 3.72. The van der Waals surface area contributed by atoms with Gasteiger partial charge in [0.25, 0.3) is 5.89 Å². The van der Waals surface area contributed by atoms with E-state index in [0.29, 0.717) is 18.1 Å². The number of carbonyl (C=O) groups is 1. The van der Waals surface area contributed by atoms with Gasteiger partial charge in [-0.05, 0) is 18.2 Å². The smallest absolute Gasteiger partial charge is 0.255 e. The maximum absolute atomic E-state index is 12.1. The topological polar surface area (TPSA) is 92.9 Å². The number of amides is 1. The van der Waals surface area contributed by atoms with Crippen LogP contribution < -0.4 is 5.32 Å². The first-order chi connectivity index (χ1) is 11.3. The van der Waals surface area contributed by atoms with Gasteiger partial charge in [0.2, 0.25) is 5.91 Å². The molecule has 0 bridgehead atoms. The number of fused-ring (bicyclic) bond motifs is 1. The van der Waals surface area contributed by atoms with Crippen LogP contribution in [-0.2, 0) is 16.1 Å². The Morgan fingerprint density at radius 3 is 3.35 bits per heavy atom. The highest BCUT2D eigenvalue weighted by atomic mass is 32.2. The predicted octanol–water partition coefficient (Wildman–Crippen LogP) is 1.19. The summed E-state index contributed by atoms with van der Waals surface area (Å²) >= 11 is 1.58. The van der Waals surface area contributed by atoms with Crippen molar-refractivity contribution in [1.82, 2.24) is 20.4 Å². The van der Waals surface area contributed by atoms with E-state index in [1.54, 1.807) is 11.8 Å². The van der Waals surface area contributed by atoms with Crippen LogP contribution in [0.1, 0.15) is 37.1 Å². The van der Waals surface area contributed by atoms with Gasteiger partial charge in [0.1, 0.15) is 6.10 Å². The van der Waals surface area contributed by atoms with Crippen LogP contribution in [0.4, 0.5) is 0 Å². The minimum Gasteiger partial charge on any atom is -0.368 e. The molecule has 4 rings (SSSR count). The molecule has 0 aliphatic carbocycles. The summed E-state index contributed by atoms with van der Waals surface area (Å²) in [5.74, 6) is 0.912. The molecule has 1 amide bonds. The van der Waals surface area contributed by atoms with Crippen LogP contribution in [0.5, 0.6) is 0 Å². The number of nitrogens with zero attached hydrogens (tertiary/aromatic N) is 4. The lowest BCUT2D eigenvalue weighted by Gasteiger charge is -2.15. The number of hydrogen-bond donors (Lipinski definition) is 1. The zero-order valence-electron chi connectivity index (χ0n) is 12.5. The quantitative estimate of drug-likeness (QED) is 0.864. The highest BCUT2D eigenvalue weighted by Gasteiger charge is 2.27. The number of ether oxygens (including phenoxy) is 1. The maximum atomic E-state index is 12.1. The Kier molecular flexibility index (Phi) is 4.04. The maximum Gasteiger partial charge on any atom is 0.255 e. The fourth-order valence-electron chi connectivity index (χ4n) is 2.76. The normalized spacial score (nSPS) is 23.0. The lowest BCUT2D eigenvalue weighted by Crippen LogP contribution is -2.28. The van der Waals surface area contributed by atoms with Crippen LogP contribution in [-0.4, -0.2) is 45.8 Å². The number of nitrogens with one attached hydrogen (secondary N) is 1. The first kappa shape index (κ1) is 14.7. The molecule has 1 aromatic heterocycles. The minimum absolute atomic E-state index is 0.0616. The number of amidine groups is 1. The first-order valence-electron chi connectivity index (χ1n) is 7.68. The number of rotatable bonds is 5. The third kappa shape index (κ3) is 3.11. The Hall–Kier alpha value is -1.87. The van der Waals surface area contributed by atoms with Gasteiger partial charge in [0.05, 0.1) is 19.5 Å². The summed E-state index contributed by atoms with van der Waals surface area (Å²) in [6, 6.07) is 0. The lowest BCUT2D eigenvalue weighted by atomic mass is 10.2. The van der Waals surface area contributed by atoms with Gasteiger partial charge in [-0.3, -0.25) is 9.79 Å². The van der Waals surface area contributed by atoms with E-state index >= 15 is 0 Å². The van der Waals surface area contributed by atoms with Crippen molar-refractivity contribution in [2.24, 2.45) is 4.99 Å². The molecular weight excluding hydrogens is 318 g/mol. The van der Waals surface area contributed by atoms with Crippen LogP contribution in [0.15, 0.2) is 20.6 Å². The van der Waals surface area contributed by atoms with Gasteiger partial charge in [-0.25, -0.2) is 0 Å². The van der Waals surface area contributed by atoms with Crippen molar-refractivity contribution in [1.29, 1.82) is 0 Å². The van der Waals surface area contributed by atoms with E-state index in [0.717, 1.165) is 43.4 Å². The SMILES string of the molecule is O=C(CC1=CSC2=NCCN12)NCc1noc([C@H]2CCCO2)n1. The summed E-state index contributed by atoms with van der Waals surface area (Å²) in [6.45, 7) is 2.65. The van der Waals surface area contributed by atoms with Gasteiger partial charge in [0.15, 0.2) is 11.0 Å². The third-order valence-electron chi connectivity index (χ3n) is 3.92. The average Bonchev–Trinajstić information content (AvgIpc) is 3.31. The number of hydrogen-bond acceptors (Lipinski definition) is 8. The van der Waals surface area contributed by atoms with Crippen molar-refractivity contribution >= 4 is 22.8 Å². The third-order valence-corrected chi connectivity index (χ3v) is 4.87. The first-order valence-corrected chi connectivity index (χ1v) is 8.56. The molecule has 0 saturated carbocycles.